The Labute approximate surface area is 178 Å². The third-order valence-electron chi connectivity index (χ3n) is 6.98. The van der Waals surface area contributed by atoms with Gasteiger partial charge in [-0.25, -0.2) is 9.97 Å². The van der Waals surface area contributed by atoms with Crippen LogP contribution in [0, 0.1) is 0 Å². The van der Waals surface area contributed by atoms with Gasteiger partial charge in [0.25, 0.3) is 0 Å². The van der Waals surface area contributed by atoms with E-state index in [9.17, 15) is 4.79 Å². The van der Waals surface area contributed by atoms with Crippen LogP contribution in [0.1, 0.15) is 37.4 Å². The zero-order chi connectivity index (χ0) is 20.5. The number of amides is 1. The molecule has 0 atom stereocenters. The minimum atomic E-state index is 0.213. The summed E-state index contributed by atoms with van der Waals surface area (Å²) >= 11 is 0. The first-order valence-corrected chi connectivity index (χ1v) is 11.4. The zero-order valence-corrected chi connectivity index (χ0v) is 17.9. The zero-order valence-electron chi connectivity index (χ0n) is 17.9. The second kappa shape index (κ2) is 8.34. The number of nitrogens with zero attached hydrogens (tertiary/aromatic N) is 5. The van der Waals surface area contributed by atoms with Crippen LogP contribution < -0.4 is 4.90 Å². The van der Waals surface area contributed by atoms with Crippen molar-refractivity contribution in [2.75, 3.05) is 44.2 Å². The van der Waals surface area contributed by atoms with Crippen molar-refractivity contribution in [3.63, 3.8) is 0 Å². The van der Waals surface area contributed by atoms with E-state index in [1.165, 1.54) is 23.5 Å². The number of piperazine rings is 1. The highest BCUT2D eigenvalue weighted by molar-refractivity contribution is 5.73. The molecule has 0 radical (unpaired) electrons. The molecule has 0 N–H and O–H groups in total. The Morgan fingerprint density at radius 1 is 0.933 bits per heavy atom. The van der Waals surface area contributed by atoms with Crippen LogP contribution in [0.25, 0.3) is 11.4 Å². The van der Waals surface area contributed by atoms with Gasteiger partial charge in [-0.1, -0.05) is 30.3 Å². The fraction of sp³-hybridized carbons (Fsp3) is 0.542. The van der Waals surface area contributed by atoms with E-state index in [0.29, 0.717) is 6.04 Å². The predicted molar refractivity (Wildman–Crippen MR) is 119 cm³/mol. The van der Waals surface area contributed by atoms with Gasteiger partial charge in [-0.2, -0.15) is 0 Å². The van der Waals surface area contributed by atoms with Crippen LogP contribution in [0.4, 0.5) is 5.82 Å². The molecule has 3 heterocycles. The quantitative estimate of drug-likeness (QED) is 0.786. The fourth-order valence-electron chi connectivity index (χ4n) is 5.24. The van der Waals surface area contributed by atoms with Gasteiger partial charge in [0, 0.05) is 69.1 Å². The molecule has 1 aromatic heterocycles. The molecule has 1 amide bonds. The number of hydrogen-bond donors (Lipinski definition) is 0. The minimum Gasteiger partial charge on any atom is -0.354 e. The molecule has 2 aliphatic heterocycles. The van der Waals surface area contributed by atoms with Gasteiger partial charge >= 0.3 is 0 Å². The second-order valence-electron chi connectivity index (χ2n) is 8.78. The number of rotatable bonds is 3. The van der Waals surface area contributed by atoms with E-state index in [-0.39, 0.29) is 5.91 Å². The molecule has 2 saturated heterocycles. The number of benzene rings is 1. The predicted octanol–water partition coefficient (Wildman–Crippen LogP) is 2.77. The lowest BCUT2D eigenvalue weighted by atomic mass is 10.0. The summed E-state index contributed by atoms with van der Waals surface area (Å²) in [5, 5.41) is 0. The lowest BCUT2D eigenvalue weighted by Crippen LogP contribution is -2.54. The maximum atomic E-state index is 11.6. The van der Waals surface area contributed by atoms with Crippen molar-refractivity contribution in [1.82, 2.24) is 19.8 Å². The Hall–Kier alpha value is -2.47. The SMILES string of the molecule is CC(=O)N1CCC(N2CCN(c3nc(-c4ccccc4)nc4c3CCC4)CC2)CC1. The summed E-state index contributed by atoms with van der Waals surface area (Å²) < 4.78 is 0. The van der Waals surface area contributed by atoms with Crippen molar-refractivity contribution in [2.24, 2.45) is 0 Å². The van der Waals surface area contributed by atoms with Crippen molar-refractivity contribution < 1.29 is 4.79 Å². The summed E-state index contributed by atoms with van der Waals surface area (Å²) in [6.45, 7) is 7.67. The lowest BCUT2D eigenvalue weighted by molar-refractivity contribution is -0.130. The van der Waals surface area contributed by atoms with Gasteiger partial charge in [0.1, 0.15) is 5.82 Å². The van der Waals surface area contributed by atoms with Crippen molar-refractivity contribution in [3.8, 4) is 11.4 Å². The van der Waals surface area contributed by atoms with Crippen LogP contribution in [-0.2, 0) is 17.6 Å². The molecule has 30 heavy (non-hydrogen) atoms. The molecule has 2 fully saturated rings. The molecular formula is C24H31N5O. The van der Waals surface area contributed by atoms with Crippen LogP contribution >= 0.6 is 0 Å². The van der Waals surface area contributed by atoms with Crippen molar-refractivity contribution in [3.05, 3.63) is 41.6 Å². The molecule has 1 aliphatic carbocycles. The first kappa shape index (κ1) is 19.5. The molecule has 2 aromatic rings. The normalized spacial score (nSPS) is 20.4. The third kappa shape index (κ3) is 3.81. The minimum absolute atomic E-state index is 0.213. The van der Waals surface area contributed by atoms with E-state index in [0.717, 1.165) is 76.3 Å². The highest BCUT2D eigenvalue weighted by Crippen LogP contribution is 2.32. The van der Waals surface area contributed by atoms with Crippen molar-refractivity contribution in [1.29, 1.82) is 0 Å². The number of fused-ring (bicyclic) bond motifs is 1. The molecular weight excluding hydrogens is 374 g/mol. The molecule has 1 aromatic carbocycles. The first-order valence-electron chi connectivity index (χ1n) is 11.4. The fourth-order valence-corrected chi connectivity index (χ4v) is 5.24. The van der Waals surface area contributed by atoms with E-state index in [1.54, 1.807) is 6.92 Å². The Morgan fingerprint density at radius 2 is 1.67 bits per heavy atom. The standard InChI is InChI=1S/C24H31N5O/c1-18(30)27-12-10-20(11-13-27)28-14-16-29(17-15-28)24-21-8-5-9-22(21)25-23(26-24)19-6-3-2-4-7-19/h2-4,6-7,20H,5,8-17H2,1H3. The molecule has 6 nitrogen and oxygen atoms in total. The van der Waals surface area contributed by atoms with E-state index in [2.05, 4.69) is 34.1 Å². The average Bonchev–Trinajstić information content (AvgIpc) is 3.28. The highest BCUT2D eigenvalue weighted by Gasteiger charge is 2.30. The van der Waals surface area contributed by atoms with Crippen LogP contribution in [0.3, 0.4) is 0 Å². The molecule has 0 saturated carbocycles. The topological polar surface area (TPSA) is 52.6 Å². The number of carbonyl (C=O) groups excluding carboxylic acids is 1. The molecule has 158 valence electrons. The van der Waals surface area contributed by atoms with Gasteiger partial charge < -0.3 is 9.80 Å². The van der Waals surface area contributed by atoms with Crippen molar-refractivity contribution >= 4 is 11.7 Å². The number of aryl methyl sites for hydroxylation is 1. The smallest absolute Gasteiger partial charge is 0.219 e. The number of carbonyl (C=O) groups is 1. The molecule has 6 heteroatoms. The summed E-state index contributed by atoms with van der Waals surface area (Å²) in [4.78, 5) is 28.7. The summed E-state index contributed by atoms with van der Waals surface area (Å²) in [7, 11) is 0. The molecule has 0 spiro atoms. The van der Waals surface area contributed by atoms with Crippen LogP contribution in [0.2, 0.25) is 0 Å². The number of aromatic nitrogens is 2. The number of hydrogen-bond acceptors (Lipinski definition) is 5. The molecule has 5 rings (SSSR count). The Morgan fingerprint density at radius 3 is 2.37 bits per heavy atom. The molecule has 3 aliphatic rings. The van der Waals surface area contributed by atoms with E-state index < -0.39 is 0 Å². The van der Waals surface area contributed by atoms with Gasteiger partial charge in [0.15, 0.2) is 5.82 Å². The van der Waals surface area contributed by atoms with Gasteiger partial charge in [-0.15, -0.1) is 0 Å². The third-order valence-corrected chi connectivity index (χ3v) is 6.98. The van der Waals surface area contributed by atoms with E-state index >= 15 is 0 Å². The summed E-state index contributed by atoms with van der Waals surface area (Å²) in [6, 6.07) is 11.0. The van der Waals surface area contributed by atoms with Crippen LogP contribution in [0.15, 0.2) is 30.3 Å². The Kier molecular flexibility index (Phi) is 5.42. The summed E-state index contributed by atoms with van der Waals surface area (Å²) in [5.41, 5.74) is 3.72. The van der Waals surface area contributed by atoms with Crippen LogP contribution in [-0.4, -0.2) is 71.0 Å². The summed E-state index contributed by atoms with van der Waals surface area (Å²) in [6.07, 6.45) is 5.55. The van der Waals surface area contributed by atoms with E-state index in [4.69, 9.17) is 9.97 Å². The van der Waals surface area contributed by atoms with E-state index in [1.807, 2.05) is 11.0 Å². The Balaban J connectivity index is 1.30. The summed E-state index contributed by atoms with van der Waals surface area (Å²) in [5.74, 6) is 2.25. The number of piperidine rings is 1. The monoisotopic (exact) mass is 405 g/mol. The molecule has 0 unspecified atom stereocenters. The highest BCUT2D eigenvalue weighted by atomic mass is 16.2. The maximum Gasteiger partial charge on any atom is 0.219 e. The first-order chi connectivity index (χ1) is 14.7. The number of likely N-dealkylation sites (tertiary alicyclic amines) is 1. The largest absolute Gasteiger partial charge is 0.354 e. The Bertz CT molecular complexity index is 899. The lowest BCUT2D eigenvalue weighted by Gasteiger charge is -2.43. The van der Waals surface area contributed by atoms with Crippen molar-refractivity contribution in [2.45, 2.75) is 45.1 Å². The van der Waals surface area contributed by atoms with Gasteiger partial charge in [-0.05, 0) is 32.1 Å². The second-order valence-corrected chi connectivity index (χ2v) is 8.78. The number of anilines is 1. The van der Waals surface area contributed by atoms with Gasteiger partial charge in [0.2, 0.25) is 5.91 Å². The maximum absolute atomic E-state index is 11.6. The van der Waals surface area contributed by atoms with Gasteiger partial charge in [-0.3, -0.25) is 9.69 Å². The molecule has 0 bridgehead atoms. The average molecular weight is 406 g/mol. The van der Waals surface area contributed by atoms with Gasteiger partial charge in [0.05, 0.1) is 0 Å². The van der Waals surface area contributed by atoms with Crippen LogP contribution in [0.5, 0.6) is 0 Å².